The van der Waals surface area contributed by atoms with Crippen LogP contribution in [0.2, 0.25) is 0 Å². The third kappa shape index (κ3) is 4.32. The summed E-state index contributed by atoms with van der Waals surface area (Å²) in [5.41, 5.74) is 1.59. The zero-order valence-corrected chi connectivity index (χ0v) is 15.0. The van der Waals surface area contributed by atoms with Gasteiger partial charge in [-0.15, -0.1) is 0 Å². The van der Waals surface area contributed by atoms with Crippen molar-refractivity contribution in [2.45, 2.75) is 44.4 Å². The molecule has 23 heavy (non-hydrogen) atoms. The van der Waals surface area contributed by atoms with Gasteiger partial charge in [-0.05, 0) is 43.9 Å². The van der Waals surface area contributed by atoms with Crippen LogP contribution in [0, 0.1) is 13.8 Å². The third-order valence-corrected chi connectivity index (χ3v) is 6.29. The lowest BCUT2D eigenvalue weighted by Crippen LogP contribution is -2.41. The van der Waals surface area contributed by atoms with Gasteiger partial charge in [-0.1, -0.05) is 25.0 Å². The van der Waals surface area contributed by atoms with Crippen molar-refractivity contribution in [2.75, 3.05) is 26.7 Å². The summed E-state index contributed by atoms with van der Waals surface area (Å²) < 4.78 is 26.7. The van der Waals surface area contributed by atoms with Crippen LogP contribution in [-0.4, -0.2) is 50.2 Å². The van der Waals surface area contributed by atoms with Gasteiger partial charge in [0.15, 0.2) is 0 Å². The van der Waals surface area contributed by atoms with E-state index in [-0.39, 0.29) is 17.3 Å². The van der Waals surface area contributed by atoms with Crippen molar-refractivity contribution in [2.24, 2.45) is 0 Å². The van der Waals surface area contributed by atoms with Gasteiger partial charge >= 0.3 is 0 Å². The normalized spacial score (nSPS) is 16.4. The van der Waals surface area contributed by atoms with Crippen LogP contribution < -0.4 is 0 Å². The fourth-order valence-electron chi connectivity index (χ4n) is 2.85. The molecule has 1 aliphatic heterocycles. The molecule has 5 nitrogen and oxygen atoms in total. The number of sulfonamides is 1. The first-order valence-corrected chi connectivity index (χ1v) is 9.58. The van der Waals surface area contributed by atoms with Gasteiger partial charge in [0.25, 0.3) is 0 Å². The monoisotopic (exact) mass is 338 g/mol. The van der Waals surface area contributed by atoms with E-state index in [0.717, 1.165) is 44.3 Å². The Kier molecular flexibility index (Phi) is 5.81. The first-order chi connectivity index (χ1) is 10.8. The molecule has 0 aromatic heterocycles. The summed E-state index contributed by atoms with van der Waals surface area (Å²) in [5.74, 6) is -0.108. The highest BCUT2D eigenvalue weighted by Gasteiger charge is 2.26. The van der Waals surface area contributed by atoms with Crippen molar-refractivity contribution in [1.82, 2.24) is 9.21 Å². The minimum atomic E-state index is -3.65. The van der Waals surface area contributed by atoms with Gasteiger partial charge in [-0.2, -0.15) is 4.31 Å². The van der Waals surface area contributed by atoms with E-state index in [9.17, 15) is 13.2 Å². The van der Waals surface area contributed by atoms with Crippen LogP contribution in [0.3, 0.4) is 0 Å². The van der Waals surface area contributed by atoms with Gasteiger partial charge in [0.2, 0.25) is 15.9 Å². The van der Waals surface area contributed by atoms with Gasteiger partial charge in [0, 0.05) is 20.1 Å². The Morgan fingerprint density at radius 2 is 1.74 bits per heavy atom. The molecule has 0 atom stereocenters. The van der Waals surface area contributed by atoms with Gasteiger partial charge in [0.1, 0.15) is 0 Å². The number of benzene rings is 1. The molecule has 2 rings (SSSR count). The molecule has 1 fully saturated rings. The molecule has 1 aliphatic rings. The number of likely N-dealkylation sites (tertiary alicyclic amines) is 1. The van der Waals surface area contributed by atoms with Crippen LogP contribution in [0.25, 0.3) is 0 Å². The van der Waals surface area contributed by atoms with E-state index in [1.807, 2.05) is 13.0 Å². The molecule has 0 radical (unpaired) electrons. The maximum Gasteiger partial charge on any atom is 0.243 e. The molecule has 1 saturated heterocycles. The van der Waals surface area contributed by atoms with Crippen LogP contribution in [-0.2, 0) is 14.8 Å². The number of amides is 1. The van der Waals surface area contributed by atoms with E-state index >= 15 is 0 Å². The molecule has 0 unspecified atom stereocenters. The second kappa shape index (κ2) is 7.45. The standard InChI is InChI=1S/C17H26N2O3S/c1-14-8-9-15(2)16(12-14)23(21,22)18(3)13-17(20)19-10-6-4-5-7-11-19/h8-9,12H,4-7,10-11,13H2,1-3H3. The van der Waals surface area contributed by atoms with Crippen molar-refractivity contribution >= 4 is 15.9 Å². The summed E-state index contributed by atoms with van der Waals surface area (Å²) in [6, 6.07) is 5.35. The maximum atomic E-state index is 12.7. The Hall–Kier alpha value is -1.40. The molecular formula is C17H26N2O3S. The lowest BCUT2D eigenvalue weighted by Gasteiger charge is -2.24. The molecule has 0 N–H and O–H groups in total. The number of hydrogen-bond acceptors (Lipinski definition) is 3. The third-order valence-electron chi connectivity index (χ3n) is 4.35. The largest absolute Gasteiger partial charge is 0.342 e. The van der Waals surface area contributed by atoms with Crippen molar-refractivity contribution in [3.05, 3.63) is 29.3 Å². The topological polar surface area (TPSA) is 57.7 Å². The Balaban J connectivity index is 2.13. The number of hydrogen-bond donors (Lipinski definition) is 0. The van der Waals surface area contributed by atoms with E-state index < -0.39 is 10.0 Å². The molecule has 0 bridgehead atoms. The van der Waals surface area contributed by atoms with Crippen LogP contribution in [0.5, 0.6) is 0 Å². The molecule has 0 aliphatic carbocycles. The highest BCUT2D eigenvalue weighted by Crippen LogP contribution is 2.20. The Morgan fingerprint density at radius 3 is 2.35 bits per heavy atom. The molecule has 0 spiro atoms. The fourth-order valence-corrected chi connectivity index (χ4v) is 4.27. The van der Waals surface area contributed by atoms with Crippen LogP contribution in [0.15, 0.2) is 23.1 Å². The molecule has 1 amide bonds. The van der Waals surface area contributed by atoms with Crippen LogP contribution in [0.1, 0.15) is 36.8 Å². The summed E-state index contributed by atoms with van der Waals surface area (Å²) in [6.07, 6.45) is 4.28. The zero-order chi connectivity index (χ0) is 17.0. The highest BCUT2D eigenvalue weighted by atomic mass is 32.2. The van der Waals surface area contributed by atoms with Crippen LogP contribution in [0.4, 0.5) is 0 Å². The minimum Gasteiger partial charge on any atom is -0.342 e. The smallest absolute Gasteiger partial charge is 0.243 e. The van der Waals surface area contributed by atoms with Gasteiger partial charge in [-0.25, -0.2) is 8.42 Å². The molecule has 1 aromatic carbocycles. The molecule has 0 saturated carbocycles. The zero-order valence-electron chi connectivity index (χ0n) is 14.2. The fraction of sp³-hybridized carbons (Fsp3) is 0.588. The number of aryl methyl sites for hydroxylation is 2. The van der Waals surface area contributed by atoms with E-state index in [4.69, 9.17) is 0 Å². The Labute approximate surface area is 139 Å². The summed E-state index contributed by atoms with van der Waals surface area (Å²) in [4.78, 5) is 14.5. The Bertz CT molecular complexity index is 662. The Morgan fingerprint density at radius 1 is 1.13 bits per heavy atom. The van der Waals surface area contributed by atoms with E-state index in [0.29, 0.717) is 5.56 Å². The van der Waals surface area contributed by atoms with E-state index in [2.05, 4.69) is 0 Å². The summed E-state index contributed by atoms with van der Waals surface area (Å²) >= 11 is 0. The van der Waals surface area contributed by atoms with Crippen LogP contribution >= 0.6 is 0 Å². The SMILES string of the molecule is Cc1ccc(C)c(S(=O)(=O)N(C)CC(=O)N2CCCCCC2)c1. The molecule has 1 heterocycles. The minimum absolute atomic E-state index is 0.101. The lowest BCUT2D eigenvalue weighted by atomic mass is 10.2. The number of carbonyl (C=O) groups is 1. The van der Waals surface area contributed by atoms with Crippen molar-refractivity contribution in [1.29, 1.82) is 0 Å². The maximum absolute atomic E-state index is 12.7. The van der Waals surface area contributed by atoms with Gasteiger partial charge in [-0.3, -0.25) is 4.79 Å². The number of nitrogens with zero attached hydrogens (tertiary/aromatic N) is 2. The van der Waals surface area contributed by atoms with Gasteiger partial charge < -0.3 is 4.90 Å². The van der Waals surface area contributed by atoms with E-state index in [1.165, 1.54) is 11.4 Å². The highest BCUT2D eigenvalue weighted by molar-refractivity contribution is 7.89. The number of rotatable bonds is 4. The molecular weight excluding hydrogens is 312 g/mol. The van der Waals surface area contributed by atoms with Crippen molar-refractivity contribution in [3.8, 4) is 0 Å². The average molecular weight is 338 g/mol. The van der Waals surface area contributed by atoms with Crippen molar-refractivity contribution < 1.29 is 13.2 Å². The average Bonchev–Trinajstić information content (AvgIpc) is 2.78. The summed E-state index contributed by atoms with van der Waals surface area (Å²) in [6.45, 7) is 5.00. The first kappa shape index (κ1) is 17.9. The number of likely N-dealkylation sites (N-methyl/N-ethyl adjacent to an activating group) is 1. The molecule has 1 aromatic rings. The first-order valence-electron chi connectivity index (χ1n) is 8.14. The summed E-state index contributed by atoms with van der Waals surface area (Å²) in [5, 5.41) is 0. The molecule has 128 valence electrons. The van der Waals surface area contributed by atoms with Gasteiger partial charge in [0.05, 0.1) is 11.4 Å². The van der Waals surface area contributed by atoms with Crippen molar-refractivity contribution in [3.63, 3.8) is 0 Å². The second-order valence-electron chi connectivity index (χ2n) is 6.33. The predicted octanol–water partition coefficient (Wildman–Crippen LogP) is 2.33. The van der Waals surface area contributed by atoms with E-state index in [1.54, 1.807) is 24.0 Å². The lowest BCUT2D eigenvalue weighted by molar-refractivity contribution is -0.131. The quantitative estimate of drug-likeness (QED) is 0.846. The summed E-state index contributed by atoms with van der Waals surface area (Å²) in [7, 11) is -2.17. The second-order valence-corrected chi connectivity index (χ2v) is 8.34. The number of carbonyl (C=O) groups excluding carboxylic acids is 1. The molecule has 6 heteroatoms. The predicted molar refractivity (Wildman–Crippen MR) is 90.8 cm³/mol.